The molecule has 0 saturated heterocycles. The number of rotatable bonds is 6. The molecule has 20 heavy (non-hydrogen) atoms. The van der Waals surface area contributed by atoms with Gasteiger partial charge in [0.15, 0.2) is 5.78 Å². The molecule has 0 fully saturated rings. The Balaban J connectivity index is 3.68. The molecule has 0 aromatic heterocycles. The van der Waals surface area contributed by atoms with E-state index in [9.17, 15) is 4.79 Å². The molecule has 1 atom stereocenters. The van der Waals surface area contributed by atoms with Gasteiger partial charge in [-0.3, -0.25) is 4.79 Å². The van der Waals surface area contributed by atoms with Crippen LogP contribution in [0.25, 0.3) is 0 Å². The van der Waals surface area contributed by atoms with Crippen molar-refractivity contribution < 1.29 is 19.0 Å². The Morgan fingerprint density at radius 3 is 1.65 bits per heavy atom. The van der Waals surface area contributed by atoms with Gasteiger partial charge in [0.05, 0.1) is 21.3 Å². The number of ether oxygens (including phenoxy) is 3. The Morgan fingerprint density at radius 2 is 1.35 bits per heavy atom. The number of carbonyl (C=O) groups excluding carboxylic acids is 1. The number of carbonyl (C=O) groups is 1. The summed E-state index contributed by atoms with van der Waals surface area (Å²) in [5.41, 5.74) is 2.15. The van der Waals surface area contributed by atoms with Crippen molar-refractivity contribution >= 4 is 5.78 Å². The zero-order chi connectivity index (χ0) is 15.4. The Labute approximate surface area is 121 Å². The Hall–Kier alpha value is -1.71. The van der Waals surface area contributed by atoms with Gasteiger partial charge in [0, 0.05) is 17.0 Å². The van der Waals surface area contributed by atoms with Crippen LogP contribution in [0.2, 0.25) is 0 Å². The van der Waals surface area contributed by atoms with Gasteiger partial charge in [-0.2, -0.15) is 0 Å². The topological polar surface area (TPSA) is 44.8 Å². The molecule has 112 valence electrons. The van der Waals surface area contributed by atoms with Crippen molar-refractivity contribution in [1.29, 1.82) is 0 Å². The molecule has 0 aliphatic carbocycles. The number of benzene rings is 1. The van der Waals surface area contributed by atoms with E-state index in [2.05, 4.69) is 0 Å². The second kappa shape index (κ2) is 6.64. The SMILES string of the molecule is CCC(C)C(=O)c1c(OC)c(C)c(OC)c(C)c1OC. The Morgan fingerprint density at radius 1 is 0.950 bits per heavy atom. The average molecular weight is 280 g/mol. The minimum Gasteiger partial charge on any atom is -0.496 e. The highest BCUT2D eigenvalue weighted by atomic mass is 16.5. The summed E-state index contributed by atoms with van der Waals surface area (Å²) in [5, 5.41) is 0. The first-order valence-electron chi connectivity index (χ1n) is 6.77. The molecule has 1 aromatic carbocycles. The molecule has 0 aliphatic heterocycles. The van der Waals surface area contributed by atoms with Gasteiger partial charge in [0.2, 0.25) is 0 Å². The van der Waals surface area contributed by atoms with Crippen molar-refractivity contribution in [3.8, 4) is 17.2 Å². The van der Waals surface area contributed by atoms with E-state index in [0.29, 0.717) is 22.8 Å². The van der Waals surface area contributed by atoms with Crippen molar-refractivity contribution in [3.05, 3.63) is 16.7 Å². The lowest BCUT2D eigenvalue weighted by Gasteiger charge is -2.21. The molecule has 4 nitrogen and oxygen atoms in total. The number of methoxy groups -OCH3 is 3. The number of Topliss-reactive ketones (excluding diaryl/α,β-unsaturated/α-hetero) is 1. The summed E-state index contributed by atoms with van der Waals surface area (Å²) in [4.78, 5) is 12.6. The first kappa shape index (κ1) is 16.3. The van der Waals surface area contributed by atoms with Gasteiger partial charge in [-0.25, -0.2) is 0 Å². The van der Waals surface area contributed by atoms with Gasteiger partial charge >= 0.3 is 0 Å². The third kappa shape index (κ3) is 2.60. The van der Waals surface area contributed by atoms with Crippen molar-refractivity contribution in [3.63, 3.8) is 0 Å². The standard InChI is InChI=1S/C16H24O4/c1-8-9(2)13(17)12-15(19-6)10(3)14(18-5)11(4)16(12)20-7/h9H,8H2,1-7H3. The molecular weight excluding hydrogens is 256 g/mol. The predicted molar refractivity (Wildman–Crippen MR) is 79.4 cm³/mol. The minimum atomic E-state index is -0.0787. The van der Waals surface area contributed by atoms with Crippen LogP contribution in [0.4, 0.5) is 0 Å². The number of hydrogen-bond acceptors (Lipinski definition) is 4. The molecule has 4 heteroatoms. The first-order valence-corrected chi connectivity index (χ1v) is 6.77. The van der Waals surface area contributed by atoms with Crippen LogP contribution in [-0.2, 0) is 0 Å². The molecule has 1 unspecified atom stereocenters. The van der Waals surface area contributed by atoms with E-state index in [-0.39, 0.29) is 11.7 Å². The molecule has 1 aromatic rings. The van der Waals surface area contributed by atoms with Gasteiger partial charge in [-0.15, -0.1) is 0 Å². The maximum atomic E-state index is 12.6. The van der Waals surface area contributed by atoms with E-state index in [1.165, 1.54) is 0 Å². The summed E-state index contributed by atoms with van der Waals surface area (Å²) in [6.07, 6.45) is 0.773. The van der Waals surface area contributed by atoms with E-state index >= 15 is 0 Å². The van der Waals surface area contributed by atoms with Gasteiger partial charge in [-0.1, -0.05) is 13.8 Å². The molecular formula is C16H24O4. The number of ketones is 1. The molecule has 0 radical (unpaired) electrons. The van der Waals surface area contributed by atoms with Crippen molar-refractivity contribution in [2.24, 2.45) is 5.92 Å². The van der Waals surface area contributed by atoms with E-state index in [4.69, 9.17) is 14.2 Å². The smallest absolute Gasteiger partial charge is 0.173 e. The summed E-state index contributed by atoms with van der Waals surface area (Å²) < 4.78 is 16.3. The molecule has 0 spiro atoms. The Bertz CT molecular complexity index is 475. The fraction of sp³-hybridized carbons (Fsp3) is 0.562. The normalized spacial score (nSPS) is 11.9. The third-order valence-corrected chi connectivity index (χ3v) is 3.74. The molecule has 0 amide bonds. The van der Waals surface area contributed by atoms with Crippen LogP contribution in [-0.4, -0.2) is 27.1 Å². The van der Waals surface area contributed by atoms with Crippen LogP contribution in [0.3, 0.4) is 0 Å². The van der Waals surface area contributed by atoms with Crippen molar-refractivity contribution in [1.82, 2.24) is 0 Å². The van der Waals surface area contributed by atoms with Crippen molar-refractivity contribution in [2.75, 3.05) is 21.3 Å². The summed E-state index contributed by atoms with van der Waals surface area (Å²) in [6, 6.07) is 0. The van der Waals surface area contributed by atoms with E-state index in [1.54, 1.807) is 21.3 Å². The highest BCUT2D eigenvalue weighted by Gasteiger charge is 2.28. The van der Waals surface area contributed by atoms with Crippen LogP contribution < -0.4 is 14.2 Å². The minimum absolute atomic E-state index is 0.0371. The van der Waals surface area contributed by atoms with Gasteiger partial charge < -0.3 is 14.2 Å². The summed E-state index contributed by atoms with van der Waals surface area (Å²) >= 11 is 0. The van der Waals surface area contributed by atoms with Gasteiger partial charge in [0.25, 0.3) is 0 Å². The van der Waals surface area contributed by atoms with Gasteiger partial charge in [-0.05, 0) is 20.3 Å². The van der Waals surface area contributed by atoms with E-state index < -0.39 is 0 Å². The van der Waals surface area contributed by atoms with Crippen LogP contribution in [0.5, 0.6) is 17.2 Å². The highest BCUT2D eigenvalue weighted by Crippen LogP contribution is 2.43. The quantitative estimate of drug-likeness (QED) is 0.747. The zero-order valence-electron chi connectivity index (χ0n) is 13.4. The monoisotopic (exact) mass is 280 g/mol. The molecule has 0 saturated carbocycles. The van der Waals surface area contributed by atoms with Crippen LogP contribution >= 0.6 is 0 Å². The number of hydrogen-bond donors (Lipinski definition) is 0. The molecule has 0 aliphatic rings. The van der Waals surface area contributed by atoms with Crippen molar-refractivity contribution in [2.45, 2.75) is 34.1 Å². The highest BCUT2D eigenvalue weighted by molar-refractivity contribution is 6.04. The predicted octanol–water partition coefficient (Wildman–Crippen LogP) is 3.56. The molecule has 1 rings (SSSR count). The molecule has 0 bridgehead atoms. The van der Waals surface area contributed by atoms with E-state index in [1.807, 2.05) is 27.7 Å². The lowest BCUT2D eigenvalue weighted by Crippen LogP contribution is -2.15. The molecule has 0 heterocycles. The summed E-state index contributed by atoms with van der Waals surface area (Å²) in [7, 11) is 4.72. The van der Waals surface area contributed by atoms with Crippen LogP contribution in [0.1, 0.15) is 41.8 Å². The molecule has 0 N–H and O–H groups in total. The van der Waals surface area contributed by atoms with Crippen LogP contribution in [0.15, 0.2) is 0 Å². The van der Waals surface area contributed by atoms with E-state index in [0.717, 1.165) is 17.5 Å². The Kier molecular flexibility index (Phi) is 5.43. The summed E-state index contributed by atoms with van der Waals surface area (Å²) in [6.45, 7) is 7.68. The average Bonchev–Trinajstić information content (AvgIpc) is 2.45. The van der Waals surface area contributed by atoms with Crippen LogP contribution in [0, 0.1) is 19.8 Å². The fourth-order valence-corrected chi connectivity index (χ4v) is 2.44. The first-order chi connectivity index (χ1) is 9.44. The lowest BCUT2D eigenvalue weighted by molar-refractivity contribution is 0.0920. The second-order valence-corrected chi connectivity index (χ2v) is 4.90. The maximum absolute atomic E-state index is 12.6. The largest absolute Gasteiger partial charge is 0.496 e. The van der Waals surface area contributed by atoms with Gasteiger partial charge in [0.1, 0.15) is 22.8 Å². The second-order valence-electron chi connectivity index (χ2n) is 4.90. The maximum Gasteiger partial charge on any atom is 0.173 e. The lowest BCUT2D eigenvalue weighted by atomic mass is 9.92. The fourth-order valence-electron chi connectivity index (χ4n) is 2.44. The third-order valence-electron chi connectivity index (χ3n) is 3.74. The summed E-state index contributed by atoms with van der Waals surface area (Å²) in [5.74, 6) is 1.73. The zero-order valence-corrected chi connectivity index (χ0v) is 13.4.